The molecule has 0 bridgehead atoms. The van der Waals surface area contributed by atoms with Crippen LogP contribution in [-0.2, 0) is 9.59 Å². The van der Waals surface area contributed by atoms with Gasteiger partial charge in [-0.1, -0.05) is 26.0 Å². The van der Waals surface area contributed by atoms with E-state index in [0.717, 1.165) is 5.75 Å². The Bertz CT molecular complexity index is 649. The van der Waals surface area contributed by atoms with Crippen molar-refractivity contribution >= 4 is 24.0 Å². The van der Waals surface area contributed by atoms with Crippen LogP contribution in [0, 0.1) is 5.92 Å². The zero-order chi connectivity index (χ0) is 17.0. The first-order valence-corrected chi connectivity index (χ1v) is 7.16. The summed E-state index contributed by atoms with van der Waals surface area (Å²) in [6.07, 6.45) is 1.49. The maximum Gasteiger partial charge on any atom is 0.329 e. The fourth-order valence-electron chi connectivity index (χ4n) is 1.94. The Morgan fingerprint density at radius 2 is 1.96 bits per heavy atom. The predicted molar refractivity (Wildman–Crippen MR) is 82.6 cm³/mol. The van der Waals surface area contributed by atoms with Gasteiger partial charge in [0.2, 0.25) is 0 Å². The number of carbonyl (C=O) groups excluding carboxylic acids is 2. The molecule has 23 heavy (non-hydrogen) atoms. The number of hydrogen-bond donors (Lipinski definition) is 2. The summed E-state index contributed by atoms with van der Waals surface area (Å²) in [7, 11) is 0. The summed E-state index contributed by atoms with van der Waals surface area (Å²) in [4.78, 5) is 34.9. The van der Waals surface area contributed by atoms with Crippen LogP contribution >= 0.6 is 0 Å². The molecule has 1 heterocycles. The number of rotatable bonds is 6. The lowest BCUT2D eigenvalue weighted by molar-refractivity contribution is -0.140. The molecule has 2 rings (SSSR count). The molecule has 0 spiro atoms. The largest absolute Gasteiger partial charge is 0.493 e. The fourth-order valence-corrected chi connectivity index (χ4v) is 1.94. The van der Waals surface area contributed by atoms with Crippen LogP contribution in [0.15, 0.2) is 30.0 Å². The second kappa shape index (κ2) is 6.95. The third-order valence-electron chi connectivity index (χ3n) is 3.03. The van der Waals surface area contributed by atoms with Gasteiger partial charge in [-0.15, -0.1) is 0 Å². The van der Waals surface area contributed by atoms with Gasteiger partial charge < -0.3 is 15.2 Å². The molecule has 1 aliphatic heterocycles. The highest BCUT2D eigenvalue weighted by Crippen LogP contribution is 2.17. The molecule has 2 N–H and O–H groups in total. The second-order valence-electron chi connectivity index (χ2n) is 5.55. The van der Waals surface area contributed by atoms with Crippen LogP contribution in [0.3, 0.4) is 0 Å². The maximum absolute atomic E-state index is 12.0. The molecule has 0 radical (unpaired) electrons. The van der Waals surface area contributed by atoms with Crippen molar-refractivity contribution in [3.8, 4) is 5.75 Å². The Morgan fingerprint density at radius 1 is 1.30 bits per heavy atom. The minimum atomic E-state index is -1.25. The monoisotopic (exact) mass is 318 g/mol. The maximum atomic E-state index is 12.0. The Balaban J connectivity index is 2.08. The van der Waals surface area contributed by atoms with Gasteiger partial charge in [0.05, 0.1) is 6.61 Å². The number of benzene rings is 1. The highest BCUT2D eigenvalue weighted by Gasteiger charge is 2.34. The third kappa shape index (κ3) is 4.32. The van der Waals surface area contributed by atoms with Crippen LogP contribution < -0.4 is 10.1 Å². The first-order chi connectivity index (χ1) is 10.9. The zero-order valence-corrected chi connectivity index (χ0v) is 12.9. The Labute approximate surface area is 133 Å². The second-order valence-corrected chi connectivity index (χ2v) is 5.55. The van der Waals surface area contributed by atoms with E-state index in [-0.39, 0.29) is 5.70 Å². The lowest BCUT2D eigenvalue weighted by Crippen LogP contribution is -2.35. The van der Waals surface area contributed by atoms with Crippen LogP contribution in [-0.4, -0.2) is 41.1 Å². The summed E-state index contributed by atoms with van der Waals surface area (Å²) in [6, 6.07) is 6.31. The van der Waals surface area contributed by atoms with E-state index in [0.29, 0.717) is 23.0 Å². The fraction of sp³-hybridized carbons (Fsp3) is 0.312. The average Bonchev–Trinajstić information content (AvgIpc) is 2.74. The van der Waals surface area contributed by atoms with Gasteiger partial charge in [-0.2, -0.15) is 0 Å². The molecule has 0 unspecified atom stereocenters. The molecule has 122 valence electrons. The molecule has 7 heteroatoms. The van der Waals surface area contributed by atoms with E-state index >= 15 is 0 Å². The minimum absolute atomic E-state index is 0.0482. The SMILES string of the molecule is CC(C)COc1ccc(/C=C2/NC(=O)N(CC(=O)O)C2=O)cc1. The number of aliphatic carboxylic acids is 1. The molecule has 3 amide bonds. The molecular weight excluding hydrogens is 300 g/mol. The summed E-state index contributed by atoms with van der Waals surface area (Å²) in [6.45, 7) is 4.05. The van der Waals surface area contributed by atoms with E-state index < -0.39 is 24.5 Å². The summed E-state index contributed by atoms with van der Waals surface area (Å²) in [5.41, 5.74) is 0.745. The summed E-state index contributed by atoms with van der Waals surface area (Å²) < 4.78 is 5.56. The number of amides is 3. The lowest BCUT2D eigenvalue weighted by Gasteiger charge is -2.08. The van der Waals surface area contributed by atoms with Crippen molar-refractivity contribution in [2.45, 2.75) is 13.8 Å². The van der Waals surface area contributed by atoms with Crippen LogP contribution in [0.4, 0.5) is 4.79 Å². The van der Waals surface area contributed by atoms with Gasteiger partial charge in [0.15, 0.2) is 0 Å². The smallest absolute Gasteiger partial charge is 0.329 e. The van der Waals surface area contributed by atoms with E-state index in [9.17, 15) is 14.4 Å². The van der Waals surface area contributed by atoms with Crippen molar-refractivity contribution in [1.29, 1.82) is 0 Å². The predicted octanol–water partition coefficient (Wildman–Crippen LogP) is 1.70. The molecular formula is C16H18N2O5. The quantitative estimate of drug-likeness (QED) is 0.615. The molecule has 0 atom stereocenters. The Kier molecular flexibility index (Phi) is 5.00. The standard InChI is InChI=1S/C16H18N2O5/c1-10(2)9-23-12-5-3-11(4-6-12)7-13-15(21)18(8-14(19)20)16(22)17-13/h3-7,10H,8-9H2,1-2H3,(H,17,22)(H,19,20)/b13-7+. The number of carboxylic acids is 1. The van der Waals surface area contributed by atoms with Crippen LogP contribution in [0.5, 0.6) is 5.75 Å². The van der Waals surface area contributed by atoms with Crippen molar-refractivity contribution < 1.29 is 24.2 Å². The molecule has 1 saturated heterocycles. The summed E-state index contributed by atoms with van der Waals surface area (Å²) in [5.74, 6) is -0.766. The Hall–Kier alpha value is -2.83. The van der Waals surface area contributed by atoms with E-state index in [1.165, 1.54) is 6.08 Å². The van der Waals surface area contributed by atoms with Gasteiger partial charge in [-0.25, -0.2) is 9.69 Å². The van der Waals surface area contributed by atoms with Gasteiger partial charge in [0, 0.05) is 0 Å². The van der Waals surface area contributed by atoms with E-state index in [1.807, 2.05) is 0 Å². The van der Waals surface area contributed by atoms with Gasteiger partial charge in [0.1, 0.15) is 18.0 Å². The molecule has 0 aromatic heterocycles. The number of imide groups is 1. The highest BCUT2D eigenvalue weighted by molar-refractivity contribution is 6.15. The number of ether oxygens (including phenoxy) is 1. The van der Waals surface area contributed by atoms with E-state index in [4.69, 9.17) is 9.84 Å². The normalized spacial score (nSPS) is 16.1. The van der Waals surface area contributed by atoms with E-state index in [2.05, 4.69) is 19.2 Å². The molecule has 7 nitrogen and oxygen atoms in total. The lowest BCUT2D eigenvalue weighted by atomic mass is 10.2. The number of nitrogens with zero attached hydrogens (tertiary/aromatic N) is 1. The highest BCUT2D eigenvalue weighted by atomic mass is 16.5. The van der Waals surface area contributed by atoms with Gasteiger partial charge in [-0.3, -0.25) is 9.59 Å². The molecule has 1 aliphatic rings. The third-order valence-corrected chi connectivity index (χ3v) is 3.03. The van der Waals surface area contributed by atoms with Crippen LogP contribution in [0.25, 0.3) is 6.08 Å². The molecule has 1 aromatic carbocycles. The number of urea groups is 1. The van der Waals surface area contributed by atoms with Crippen molar-refractivity contribution in [2.75, 3.05) is 13.2 Å². The molecule has 1 fully saturated rings. The summed E-state index contributed by atoms with van der Waals surface area (Å²) in [5, 5.41) is 11.1. The molecule has 0 aliphatic carbocycles. The number of carboxylic acid groups (broad SMARTS) is 1. The topological polar surface area (TPSA) is 95.9 Å². The first kappa shape index (κ1) is 16.5. The van der Waals surface area contributed by atoms with Crippen LogP contribution in [0.1, 0.15) is 19.4 Å². The zero-order valence-electron chi connectivity index (χ0n) is 12.9. The van der Waals surface area contributed by atoms with Gasteiger partial charge >= 0.3 is 12.0 Å². The van der Waals surface area contributed by atoms with Gasteiger partial charge in [0.25, 0.3) is 5.91 Å². The van der Waals surface area contributed by atoms with Crippen molar-refractivity contribution in [3.05, 3.63) is 35.5 Å². The first-order valence-electron chi connectivity index (χ1n) is 7.16. The summed E-state index contributed by atoms with van der Waals surface area (Å²) >= 11 is 0. The number of hydrogen-bond acceptors (Lipinski definition) is 4. The Morgan fingerprint density at radius 3 is 2.52 bits per heavy atom. The van der Waals surface area contributed by atoms with Crippen molar-refractivity contribution in [2.24, 2.45) is 5.92 Å². The number of nitrogens with one attached hydrogen (secondary N) is 1. The van der Waals surface area contributed by atoms with E-state index in [1.54, 1.807) is 24.3 Å². The van der Waals surface area contributed by atoms with Crippen molar-refractivity contribution in [3.63, 3.8) is 0 Å². The molecule has 0 saturated carbocycles. The minimum Gasteiger partial charge on any atom is -0.493 e. The number of carbonyl (C=O) groups is 3. The molecule has 1 aromatic rings. The average molecular weight is 318 g/mol. The van der Waals surface area contributed by atoms with Crippen LogP contribution in [0.2, 0.25) is 0 Å². The van der Waals surface area contributed by atoms with Gasteiger partial charge in [-0.05, 0) is 29.7 Å². The van der Waals surface area contributed by atoms with Crippen molar-refractivity contribution in [1.82, 2.24) is 10.2 Å².